The molecule has 21 heavy (non-hydrogen) atoms. The van der Waals surface area contributed by atoms with Gasteiger partial charge in [-0.05, 0) is 25.0 Å². The molecule has 0 unspecified atom stereocenters. The van der Waals surface area contributed by atoms with Crippen molar-refractivity contribution in [2.45, 2.75) is 31.9 Å². The van der Waals surface area contributed by atoms with Gasteiger partial charge in [-0.2, -0.15) is 0 Å². The minimum absolute atomic E-state index is 0.0176. The first-order valence-corrected chi connectivity index (χ1v) is 7.78. The van der Waals surface area contributed by atoms with Gasteiger partial charge >= 0.3 is 0 Å². The summed E-state index contributed by atoms with van der Waals surface area (Å²) < 4.78 is 0. The monoisotopic (exact) mass is 306 g/mol. The van der Waals surface area contributed by atoms with Gasteiger partial charge in [-0.15, -0.1) is 0 Å². The van der Waals surface area contributed by atoms with Crippen LogP contribution in [-0.2, 0) is 9.59 Å². The van der Waals surface area contributed by atoms with Crippen LogP contribution in [0.2, 0.25) is 0 Å². The third kappa shape index (κ3) is 3.64. The van der Waals surface area contributed by atoms with Gasteiger partial charge in [0.25, 0.3) is 5.24 Å². The number of imide groups is 1. The molecule has 3 amide bonds. The number of hydrogen-bond acceptors (Lipinski definition) is 4. The lowest BCUT2D eigenvalue weighted by Gasteiger charge is -2.12. The summed E-state index contributed by atoms with van der Waals surface area (Å²) in [4.78, 5) is 37.0. The number of carbonyl (C=O) groups excluding carboxylic acids is 3. The first kappa shape index (κ1) is 15.6. The average molecular weight is 306 g/mol. The Morgan fingerprint density at radius 1 is 1.33 bits per heavy atom. The van der Waals surface area contributed by atoms with Gasteiger partial charge in [-0.3, -0.25) is 19.3 Å². The van der Waals surface area contributed by atoms with Gasteiger partial charge in [0.1, 0.15) is 5.25 Å². The Morgan fingerprint density at radius 3 is 2.71 bits per heavy atom. The highest BCUT2D eigenvalue weighted by molar-refractivity contribution is 8.15. The third-order valence-electron chi connectivity index (χ3n) is 3.24. The third-order valence-corrected chi connectivity index (χ3v) is 4.32. The standard InChI is InChI=1S/C15H18N2O3S/c1-3-8-17-14(19)12(21-15(17)20)9-13(18)16-11-7-5-4-6-10(11)2/h4-7,12H,3,8-9H2,1-2H3,(H,16,18)/t12-/m0/s1. The summed E-state index contributed by atoms with van der Waals surface area (Å²) in [5, 5.41) is 1.93. The van der Waals surface area contributed by atoms with E-state index in [1.165, 1.54) is 4.90 Å². The molecule has 0 spiro atoms. The molecule has 0 bridgehead atoms. The van der Waals surface area contributed by atoms with Crippen molar-refractivity contribution in [3.05, 3.63) is 29.8 Å². The van der Waals surface area contributed by atoms with Gasteiger partial charge in [0, 0.05) is 18.7 Å². The second-order valence-electron chi connectivity index (χ2n) is 4.93. The zero-order chi connectivity index (χ0) is 15.4. The van der Waals surface area contributed by atoms with Crippen LogP contribution in [0.4, 0.5) is 10.5 Å². The molecule has 0 aromatic heterocycles. The summed E-state index contributed by atoms with van der Waals surface area (Å²) in [6, 6.07) is 7.44. The van der Waals surface area contributed by atoms with E-state index in [1.807, 2.05) is 38.1 Å². The predicted molar refractivity (Wildman–Crippen MR) is 83.2 cm³/mol. The lowest BCUT2D eigenvalue weighted by Crippen LogP contribution is -2.33. The Labute approximate surface area is 128 Å². The number of thioether (sulfide) groups is 1. The highest BCUT2D eigenvalue weighted by Crippen LogP contribution is 2.29. The smallest absolute Gasteiger partial charge is 0.289 e. The Kier molecular flexibility index (Phi) is 5.01. The zero-order valence-corrected chi connectivity index (χ0v) is 12.9. The Morgan fingerprint density at radius 2 is 2.05 bits per heavy atom. The van der Waals surface area contributed by atoms with Crippen LogP contribution in [0.15, 0.2) is 24.3 Å². The molecule has 0 radical (unpaired) electrons. The van der Waals surface area contributed by atoms with Gasteiger partial charge in [-0.1, -0.05) is 36.9 Å². The topological polar surface area (TPSA) is 66.5 Å². The molecule has 1 aliphatic heterocycles. The predicted octanol–water partition coefficient (Wildman–Crippen LogP) is 2.80. The lowest BCUT2D eigenvalue weighted by atomic mass is 10.2. The number of anilines is 1. The van der Waals surface area contributed by atoms with Gasteiger partial charge < -0.3 is 5.32 Å². The SMILES string of the molecule is CCCN1C(=O)S[C@@H](CC(=O)Nc2ccccc2C)C1=O. The van der Waals surface area contributed by atoms with E-state index < -0.39 is 5.25 Å². The number of nitrogens with one attached hydrogen (secondary N) is 1. The second kappa shape index (κ2) is 6.76. The molecule has 1 heterocycles. The molecule has 5 nitrogen and oxygen atoms in total. The number of aryl methyl sites for hydroxylation is 1. The summed E-state index contributed by atoms with van der Waals surface area (Å²) in [7, 11) is 0. The molecule has 6 heteroatoms. The van der Waals surface area contributed by atoms with E-state index in [0.29, 0.717) is 6.54 Å². The minimum Gasteiger partial charge on any atom is -0.326 e. The number of para-hydroxylation sites is 1. The molecule has 1 aromatic rings. The van der Waals surface area contributed by atoms with E-state index in [2.05, 4.69) is 5.32 Å². The highest BCUT2D eigenvalue weighted by atomic mass is 32.2. The van der Waals surface area contributed by atoms with Crippen LogP contribution in [0, 0.1) is 6.92 Å². The van der Waals surface area contributed by atoms with Crippen LogP contribution in [0.25, 0.3) is 0 Å². The van der Waals surface area contributed by atoms with Crippen molar-refractivity contribution in [1.29, 1.82) is 0 Å². The number of carbonyl (C=O) groups is 3. The van der Waals surface area contributed by atoms with Crippen molar-refractivity contribution in [2.24, 2.45) is 0 Å². The van der Waals surface area contributed by atoms with E-state index in [9.17, 15) is 14.4 Å². The molecule has 1 aliphatic rings. The quantitative estimate of drug-likeness (QED) is 0.908. The molecule has 1 atom stereocenters. The first-order valence-electron chi connectivity index (χ1n) is 6.90. The fourth-order valence-corrected chi connectivity index (χ4v) is 3.15. The Bertz CT molecular complexity index is 574. The number of rotatable bonds is 5. The molecular weight excluding hydrogens is 288 g/mol. The number of amides is 3. The number of hydrogen-bond donors (Lipinski definition) is 1. The molecule has 1 N–H and O–H groups in total. The van der Waals surface area contributed by atoms with Crippen molar-refractivity contribution in [2.75, 3.05) is 11.9 Å². The van der Waals surface area contributed by atoms with Crippen LogP contribution in [0.1, 0.15) is 25.3 Å². The van der Waals surface area contributed by atoms with E-state index in [4.69, 9.17) is 0 Å². The van der Waals surface area contributed by atoms with Gasteiger partial charge in [0.15, 0.2) is 0 Å². The van der Waals surface area contributed by atoms with Crippen molar-refractivity contribution in [3.8, 4) is 0 Å². The molecule has 1 aromatic carbocycles. The summed E-state index contributed by atoms with van der Waals surface area (Å²) in [6.07, 6.45) is 0.740. The van der Waals surface area contributed by atoms with E-state index in [-0.39, 0.29) is 23.5 Å². The maximum absolute atomic E-state index is 12.1. The minimum atomic E-state index is -0.604. The van der Waals surface area contributed by atoms with Crippen molar-refractivity contribution < 1.29 is 14.4 Å². The summed E-state index contributed by atoms with van der Waals surface area (Å²) in [5.41, 5.74) is 1.69. The maximum atomic E-state index is 12.1. The maximum Gasteiger partial charge on any atom is 0.289 e. The van der Waals surface area contributed by atoms with Gasteiger partial charge in [0.05, 0.1) is 0 Å². The van der Waals surface area contributed by atoms with Crippen LogP contribution in [0.5, 0.6) is 0 Å². The normalized spacial score (nSPS) is 18.2. The zero-order valence-electron chi connectivity index (χ0n) is 12.1. The first-order chi connectivity index (χ1) is 10.0. The fourth-order valence-electron chi connectivity index (χ4n) is 2.14. The van der Waals surface area contributed by atoms with Gasteiger partial charge in [-0.25, -0.2) is 0 Å². The van der Waals surface area contributed by atoms with Crippen LogP contribution in [0.3, 0.4) is 0 Å². The molecular formula is C15H18N2O3S. The average Bonchev–Trinajstić information content (AvgIpc) is 2.69. The van der Waals surface area contributed by atoms with Crippen LogP contribution < -0.4 is 5.32 Å². The van der Waals surface area contributed by atoms with Crippen molar-refractivity contribution >= 4 is 34.5 Å². The molecule has 0 aliphatic carbocycles. The van der Waals surface area contributed by atoms with E-state index >= 15 is 0 Å². The second-order valence-corrected chi connectivity index (χ2v) is 6.08. The molecule has 1 fully saturated rings. The van der Waals surface area contributed by atoms with Crippen molar-refractivity contribution in [1.82, 2.24) is 4.90 Å². The summed E-state index contributed by atoms with van der Waals surface area (Å²) >= 11 is 0.941. The molecule has 0 saturated carbocycles. The number of benzene rings is 1. The van der Waals surface area contributed by atoms with Gasteiger partial charge in [0.2, 0.25) is 11.8 Å². The van der Waals surface area contributed by atoms with E-state index in [0.717, 1.165) is 29.4 Å². The van der Waals surface area contributed by atoms with Crippen molar-refractivity contribution in [3.63, 3.8) is 0 Å². The largest absolute Gasteiger partial charge is 0.326 e. The summed E-state index contributed by atoms with van der Waals surface area (Å²) in [5.74, 6) is -0.506. The van der Waals surface area contributed by atoms with E-state index in [1.54, 1.807) is 0 Å². The summed E-state index contributed by atoms with van der Waals surface area (Å²) in [6.45, 7) is 4.22. The number of nitrogens with zero attached hydrogens (tertiary/aromatic N) is 1. The lowest BCUT2D eigenvalue weighted by molar-refractivity contribution is -0.128. The highest BCUT2D eigenvalue weighted by Gasteiger charge is 2.39. The van der Waals surface area contributed by atoms with Crippen LogP contribution in [-0.4, -0.2) is 33.7 Å². The molecule has 1 saturated heterocycles. The van der Waals surface area contributed by atoms with Crippen LogP contribution >= 0.6 is 11.8 Å². The Balaban J connectivity index is 1.96. The molecule has 112 valence electrons. The molecule has 2 rings (SSSR count). The fraction of sp³-hybridized carbons (Fsp3) is 0.400. The Hall–Kier alpha value is -1.82.